The molecular formula is C22H23N5O. The number of aliphatic hydroxyl groups excluding tert-OH is 1. The Morgan fingerprint density at radius 3 is 2.79 bits per heavy atom. The molecular weight excluding hydrogens is 350 g/mol. The normalized spacial score (nSPS) is 20.0. The standard InChI is InChI=1S/C22H23N5O/c1-23-21-20-19(18-12-16-4-2-3-5-17(16)25-18)26-22(27(20)11-10-24-21)15-8-6-14(13-28)7-9-15/h2-5,10-12,14-15,25,28H,1,6-9,13H2. The predicted octanol–water partition coefficient (Wildman–Crippen LogP) is 4.48. The summed E-state index contributed by atoms with van der Waals surface area (Å²) in [5, 5.41) is 10.6. The molecule has 1 aliphatic rings. The number of aliphatic imine (C=N–C) groups is 1. The van der Waals surface area contributed by atoms with Gasteiger partial charge in [0, 0.05) is 35.8 Å². The van der Waals surface area contributed by atoms with Gasteiger partial charge in [0.1, 0.15) is 17.0 Å². The third-order valence-corrected chi connectivity index (χ3v) is 5.97. The minimum atomic E-state index is 0.282. The summed E-state index contributed by atoms with van der Waals surface area (Å²) < 4.78 is 2.13. The van der Waals surface area contributed by atoms with Crippen LogP contribution in [0.2, 0.25) is 0 Å². The highest BCUT2D eigenvalue weighted by Gasteiger charge is 2.27. The van der Waals surface area contributed by atoms with E-state index in [9.17, 15) is 5.11 Å². The highest BCUT2D eigenvalue weighted by atomic mass is 16.3. The van der Waals surface area contributed by atoms with Gasteiger partial charge < -0.3 is 10.1 Å². The first-order valence-electron chi connectivity index (χ1n) is 9.81. The van der Waals surface area contributed by atoms with Gasteiger partial charge in [0.25, 0.3) is 0 Å². The monoisotopic (exact) mass is 373 g/mol. The highest BCUT2D eigenvalue weighted by Crippen LogP contribution is 2.39. The lowest BCUT2D eigenvalue weighted by Gasteiger charge is -2.26. The molecule has 0 aliphatic heterocycles. The van der Waals surface area contributed by atoms with Crippen LogP contribution in [-0.2, 0) is 0 Å². The fourth-order valence-corrected chi connectivity index (χ4v) is 4.44. The van der Waals surface area contributed by atoms with E-state index in [1.165, 1.54) is 0 Å². The van der Waals surface area contributed by atoms with Crippen LogP contribution in [-0.4, -0.2) is 37.8 Å². The number of fused-ring (bicyclic) bond motifs is 2. The zero-order valence-corrected chi connectivity index (χ0v) is 15.7. The number of aliphatic hydroxyl groups is 1. The lowest BCUT2D eigenvalue weighted by molar-refractivity contribution is 0.181. The van der Waals surface area contributed by atoms with E-state index in [0.29, 0.717) is 17.7 Å². The Morgan fingerprint density at radius 2 is 2.04 bits per heavy atom. The van der Waals surface area contributed by atoms with E-state index in [-0.39, 0.29) is 6.61 Å². The smallest absolute Gasteiger partial charge is 0.178 e. The summed E-state index contributed by atoms with van der Waals surface area (Å²) >= 11 is 0. The molecule has 0 atom stereocenters. The van der Waals surface area contributed by atoms with Crippen LogP contribution in [0.15, 0.2) is 47.7 Å². The van der Waals surface area contributed by atoms with Gasteiger partial charge in [-0.25, -0.2) is 15.0 Å². The number of imidazole rings is 1. The van der Waals surface area contributed by atoms with Gasteiger partial charge in [-0.05, 0) is 50.5 Å². The Hall–Kier alpha value is -2.99. The van der Waals surface area contributed by atoms with Crippen LogP contribution in [0.1, 0.15) is 37.4 Å². The summed E-state index contributed by atoms with van der Waals surface area (Å²) in [5.41, 5.74) is 3.81. The second kappa shape index (κ2) is 6.87. The van der Waals surface area contributed by atoms with E-state index in [4.69, 9.17) is 4.98 Å². The molecule has 142 valence electrons. The van der Waals surface area contributed by atoms with Crippen molar-refractivity contribution in [1.82, 2.24) is 19.4 Å². The van der Waals surface area contributed by atoms with Crippen molar-refractivity contribution in [3.05, 3.63) is 48.5 Å². The molecule has 1 saturated carbocycles. The van der Waals surface area contributed by atoms with Crippen LogP contribution in [0.5, 0.6) is 0 Å². The topological polar surface area (TPSA) is 78.6 Å². The second-order valence-corrected chi connectivity index (χ2v) is 7.62. The van der Waals surface area contributed by atoms with Gasteiger partial charge in [0.05, 0.1) is 5.69 Å². The molecule has 0 unspecified atom stereocenters. The first-order valence-corrected chi connectivity index (χ1v) is 9.81. The Balaban J connectivity index is 1.67. The van der Waals surface area contributed by atoms with Crippen LogP contribution in [0.25, 0.3) is 27.8 Å². The number of hydrogen-bond donors (Lipinski definition) is 2. The van der Waals surface area contributed by atoms with Crippen LogP contribution in [0.3, 0.4) is 0 Å². The number of nitrogens with one attached hydrogen (secondary N) is 1. The maximum atomic E-state index is 9.46. The Morgan fingerprint density at radius 1 is 1.21 bits per heavy atom. The van der Waals surface area contributed by atoms with Crippen molar-refractivity contribution in [2.45, 2.75) is 31.6 Å². The quantitative estimate of drug-likeness (QED) is 0.518. The van der Waals surface area contributed by atoms with Crippen molar-refractivity contribution in [2.75, 3.05) is 6.61 Å². The lowest BCUT2D eigenvalue weighted by Crippen LogP contribution is -2.17. The molecule has 3 heterocycles. The number of H-pyrrole nitrogens is 1. The maximum Gasteiger partial charge on any atom is 0.178 e. The van der Waals surface area contributed by atoms with Crippen LogP contribution < -0.4 is 0 Å². The molecule has 0 saturated heterocycles. The van der Waals surface area contributed by atoms with Crippen molar-refractivity contribution in [2.24, 2.45) is 10.9 Å². The average molecular weight is 373 g/mol. The minimum Gasteiger partial charge on any atom is -0.396 e. The van der Waals surface area contributed by atoms with Gasteiger partial charge in [-0.15, -0.1) is 0 Å². The fourth-order valence-electron chi connectivity index (χ4n) is 4.44. The molecule has 1 fully saturated rings. The Labute approximate surface area is 163 Å². The third-order valence-electron chi connectivity index (χ3n) is 5.97. The summed E-state index contributed by atoms with van der Waals surface area (Å²) in [6.07, 6.45) is 7.88. The molecule has 1 aromatic carbocycles. The van der Waals surface area contributed by atoms with Gasteiger partial charge in [-0.2, -0.15) is 0 Å². The van der Waals surface area contributed by atoms with Crippen LogP contribution in [0.4, 0.5) is 5.82 Å². The Kier molecular flexibility index (Phi) is 4.20. The lowest BCUT2D eigenvalue weighted by atomic mass is 9.82. The number of benzene rings is 1. The molecule has 3 aromatic heterocycles. The number of para-hydroxylation sites is 1. The Bertz CT molecular complexity index is 1120. The van der Waals surface area contributed by atoms with Crippen molar-refractivity contribution in [1.29, 1.82) is 0 Å². The molecule has 1 aliphatic carbocycles. The average Bonchev–Trinajstić information content (AvgIpc) is 3.35. The zero-order chi connectivity index (χ0) is 19.1. The molecule has 0 bridgehead atoms. The molecule has 0 amide bonds. The van der Waals surface area contributed by atoms with E-state index < -0.39 is 0 Å². The number of hydrogen-bond acceptors (Lipinski definition) is 4. The second-order valence-electron chi connectivity index (χ2n) is 7.62. The number of aromatic amines is 1. The SMILES string of the molecule is C=Nc1nccn2c(C3CCC(CO)CC3)nc(-c3cc4ccccc4[nH]3)c12. The summed E-state index contributed by atoms with van der Waals surface area (Å²) in [6, 6.07) is 10.4. The maximum absolute atomic E-state index is 9.46. The molecule has 0 spiro atoms. The van der Waals surface area contributed by atoms with Crippen molar-refractivity contribution in [3.63, 3.8) is 0 Å². The van der Waals surface area contributed by atoms with E-state index in [1.807, 2.05) is 18.3 Å². The number of nitrogens with zero attached hydrogens (tertiary/aromatic N) is 4. The summed E-state index contributed by atoms with van der Waals surface area (Å²) in [5.74, 6) is 2.43. The summed E-state index contributed by atoms with van der Waals surface area (Å²) in [7, 11) is 0. The molecule has 28 heavy (non-hydrogen) atoms. The zero-order valence-electron chi connectivity index (χ0n) is 15.7. The van der Waals surface area contributed by atoms with Gasteiger partial charge >= 0.3 is 0 Å². The fraction of sp³-hybridized carbons (Fsp3) is 0.318. The van der Waals surface area contributed by atoms with Crippen LogP contribution in [0, 0.1) is 5.92 Å². The summed E-state index contributed by atoms with van der Waals surface area (Å²) in [6.45, 7) is 3.99. The number of rotatable bonds is 4. The molecule has 0 radical (unpaired) electrons. The third kappa shape index (κ3) is 2.72. The minimum absolute atomic E-state index is 0.282. The molecule has 6 heteroatoms. The van der Waals surface area contributed by atoms with Crippen molar-refractivity contribution in [3.8, 4) is 11.4 Å². The highest BCUT2D eigenvalue weighted by molar-refractivity contribution is 5.91. The molecule has 5 rings (SSSR count). The van der Waals surface area contributed by atoms with E-state index in [2.05, 4.69) is 44.3 Å². The van der Waals surface area contributed by atoms with E-state index in [1.54, 1.807) is 6.20 Å². The number of aromatic nitrogens is 4. The van der Waals surface area contributed by atoms with Gasteiger partial charge in [-0.3, -0.25) is 4.40 Å². The van der Waals surface area contributed by atoms with Crippen molar-refractivity contribution < 1.29 is 5.11 Å². The van der Waals surface area contributed by atoms with Crippen LogP contribution >= 0.6 is 0 Å². The van der Waals surface area contributed by atoms with Crippen molar-refractivity contribution >= 4 is 29.0 Å². The predicted molar refractivity (Wildman–Crippen MR) is 111 cm³/mol. The van der Waals surface area contributed by atoms with E-state index >= 15 is 0 Å². The van der Waals surface area contributed by atoms with E-state index in [0.717, 1.165) is 59.3 Å². The first-order chi connectivity index (χ1) is 13.8. The first kappa shape index (κ1) is 17.1. The largest absolute Gasteiger partial charge is 0.396 e. The molecule has 2 N–H and O–H groups in total. The van der Waals surface area contributed by atoms with Gasteiger partial charge in [0.15, 0.2) is 5.82 Å². The summed E-state index contributed by atoms with van der Waals surface area (Å²) in [4.78, 5) is 17.1. The molecule has 6 nitrogen and oxygen atoms in total. The van der Waals surface area contributed by atoms with Gasteiger partial charge in [0.2, 0.25) is 0 Å². The molecule has 4 aromatic rings. The van der Waals surface area contributed by atoms with Gasteiger partial charge in [-0.1, -0.05) is 18.2 Å².